The maximum atomic E-state index is 12.7. The molecule has 3 aromatic rings. The molecule has 1 amide bonds. The lowest BCUT2D eigenvalue weighted by atomic mass is 9.89. The number of hydrogen-bond donors (Lipinski definition) is 0. The SMILES string of the molecule is O=C(c1ccnnc1)N1CCC[C@@H](Cc2cccc3ncccc23)C1. The molecule has 1 atom stereocenters. The highest BCUT2D eigenvalue weighted by Gasteiger charge is 2.25. The number of nitrogens with zero attached hydrogens (tertiary/aromatic N) is 4. The third-order valence-corrected chi connectivity index (χ3v) is 4.88. The van der Waals surface area contributed by atoms with Crippen molar-refractivity contribution in [3.8, 4) is 0 Å². The topological polar surface area (TPSA) is 59.0 Å². The highest BCUT2D eigenvalue weighted by molar-refractivity contribution is 5.93. The number of aromatic nitrogens is 3. The lowest BCUT2D eigenvalue weighted by Crippen LogP contribution is -2.40. The van der Waals surface area contributed by atoms with Crippen LogP contribution in [0, 0.1) is 5.92 Å². The number of hydrogen-bond acceptors (Lipinski definition) is 4. The molecular weight excluding hydrogens is 312 g/mol. The second kappa shape index (κ2) is 6.97. The van der Waals surface area contributed by atoms with Crippen LogP contribution in [0.3, 0.4) is 0 Å². The van der Waals surface area contributed by atoms with Gasteiger partial charge in [-0.3, -0.25) is 9.78 Å². The summed E-state index contributed by atoms with van der Waals surface area (Å²) in [5.41, 5.74) is 2.96. The van der Waals surface area contributed by atoms with Crippen molar-refractivity contribution < 1.29 is 4.79 Å². The summed E-state index contributed by atoms with van der Waals surface area (Å²) in [4.78, 5) is 19.1. The fourth-order valence-corrected chi connectivity index (χ4v) is 3.67. The van der Waals surface area contributed by atoms with Crippen LogP contribution in [-0.4, -0.2) is 39.1 Å². The Bertz CT molecular complexity index is 876. The second-order valence-corrected chi connectivity index (χ2v) is 6.58. The van der Waals surface area contributed by atoms with Crippen molar-refractivity contribution in [1.82, 2.24) is 20.1 Å². The van der Waals surface area contributed by atoms with Crippen molar-refractivity contribution in [2.24, 2.45) is 5.92 Å². The predicted molar refractivity (Wildman–Crippen MR) is 96.1 cm³/mol. The molecule has 0 spiro atoms. The van der Waals surface area contributed by atoms with Crippen LogP contribution >= 0.6 is 0 Å². The molecule has 126 valence electrons. The number of likely N-dealkylation sites (tertiary alicyclic amines) is 1. The molecule has 5 heteroatoms. The summed E-state index contributed by atoms with van der Waals surface area (Å²) in [6.45, 7) is 1.60. The zero-order valence-corrected chi connectivity index (χ0v) is 14.0. The van der Waals surface area contributed by atoms with Gasteiger partial charge in [0.1, 0.15) is 0 Å². The van der Waals surface area contributed by atoms with Crippen molar-refractivity contribution in [1.29, 1.82) is 0 Å². The van der Waals surface area contributed by atoms with Crippen LogP contribution in [0.1, 0.15) is 28.8 Å². The Kier molecular flexibility index (Phi) is 4.37. The van der Waals surface area contributed by atoms with Crippen LogP contribution in [-0.2, 0) is 6.42 Å². The molecule has 5 nitrogen and oxygen atoms in total. The number of carbonyl (C=O) groups is 1. The van der Waals surface area contributed by atoms with Crippen molar-refractivity contribution in [2.75, 3.05) is 13.1 Å². The largest absolute Gasteiger partial charge is 0.338 e. The molecule has 4 rings (SSSR count). The molecule has 3 heterocycles. The highest BCUT2D eigenvalue weighted by Crippen LogP contribution is 2.25. The van der Waals surface area contributed by atoms with Gasteiger partial charge in [-0.05, 0) is 48.9 Å². The molecule has 0 N–H and O–H groups in total. The van der Waals surface area contributed by atoms with Crippen LogP contribution in [0.4, 0.5) is 0 Å². The molecule has 1 aliphatic rings. The monoisotopic (exact) mass is 332 g/mol. The molecule has 0 radical (unpaired) electrons. The van der Waals surface area contributed by atoms with Crippen LogP contribution < -0.4 is 0 Å². The Labute approximate surface area is 146 Å². The Balaban J connectivity index is 1.51. The third kappa shape index (κ3) is 3.36. The summed E-state index contributed by atoms with van der Waals surface area (Å²) in [6, 6.07) is 12.1. The highest BCUT2D eigenvalue weighted by atomic mass is 16.2. The normalized spacial score (nSPS) is 17.6. The minimum absolute atomic E-state index is 0.0548. The number of pyridine rings is 1. The van der Waals surface area contributed by atoms with Crippen molar-refractivity contribution >= 4 is 16.8 Å². The van der Waals surface area contributed by atoms with E-state index in [0.29, 0.717) is 11.5 Å². The van der Waals surface area contributed by atoms with E-state index < -0.39 is 0 Å². The van der Waals surface area contributed by atoms with Gasteiger partial charge in [-0.1, -0.05) is 18.2 Å². The van der Waals surface area contributed by atoms with Gasteiger partial charge in [0.05, 0.1) is 23.5 Å². The smallest absolute Gasteiger partial charge is 0.255 e. The fraction of sp³-hybridized carbons (Fsp3) is 0.300. The Hall–Kier alpha value is -2.82. The van der Waals surface area contributed by atoms with E-state index in [2.05, 4.69) is 33.4 Å². The van der Waals surface area contributed by atoms with Gasteiger partial charge in [0.15, 0.2) is 0 Å². The molecule has 1 saturated heterocycles. The van der Waals surface area contributed by atoms with Gasteiger partial charge in [-0.2, -0.15) is 10.2 Å². The summed E-state index contributed by atoms with van der Waals surface area (Å²) in [5.74, 6) is 0.525. The van der Waals surface area contributed by atoms with Crippen LogP contribution in [0.5, 0.6) is 0 Å². The molecule has 0 aliphatic carbocycles. The summed E-state index contributed by atoms with van der Waals surface area (Å²) in [6.07, 6.45) is 8.10. The van der Waals surface area contributed by atoms with E-state index in [1.807, 2.05) is 23.2 Å². The minimum Gasteiger partial charge on any atom is -0.338 e. The van der Waals surface area contributed by atoms with E-state index in [1.54, 1.807) is 18.5 Å². The number of amides is 1. The molecule has 1 fully saturated rings. The molecule has 2 aromatic heterocycles. The zero-order valence-electron chi connectivity index (χ0n) is 14.0. The maximum absolute atomic E-state index is 12.7. The van der Waals surface area contributed by atoms with Gasteiger partial charge in [0.25, 0.3) is 5.91 Å². The van der Waals surface area contributed by atoms with Gasteiger partial charge in [0, 0.05) is 24.7 Å². The van der Waals surface area contributed by atoms with Crippen LogP contribution in [0.25, 0.3) is 10.9 Å². The first-order valence-electron chi connectivity index (χ1n) is 8.70. The van der Waals surface area contributed by atoms with Crippen molar-refractivity contribution in [3.63, 3.8) is 0 Å². The zero-order chi connectivity index (χ0) is 17.1. The van der Waals surface area contributed by atoms with E-state index in [9.17, 15) is 4.79 Å². The van der Waals surface area contributed by atoms with E-state index in [-0.39, 0.29) is 5.91 Å². The van der Waals surface area contributed by atoms with Crippen LogP contribution in [0.2, 0.25) is 0 Å². The van der Waals surface area contributed by atoms with Crippen LogP contribution in [0.15, 0.2) is 55.0 Å². The minimum atomic E-state index is 0.0548. The van der Waals surface area contributed by atoms with E-state index in [1.165, 1.54) is 10.9 Å². The molecule has 0 bridgehead atoms. The van der Waals surface area contributed by atoms with E-state index in [0.717, 1.165) is 37.9 Å². The van der Waals surface area contributed by atoms with Gasteiger partial charge in [-0.15, -0.1) is 0 Å². The van der Waals surface area contributed by atoms with Gasteiger partial charge < -0.3 is 4.90 Å². The maximum Gasteiger partial charge on any atom is 0.255 e. The molecule has 1 aromatic carbocycles. The van der Waals surface area contributed by atoms with E-state index in [4.69, 9.17) is 0 Å². The predicted octanol–water partition coefficient (Wildman–Crippen LogP) is 3.12. The average Bonchev–Trinajstić information content (AvgIpc) is 2.69. The molecule has 0 unspecified atom stereocenters. The Morgan fingerprint density at radius 1 is 1.12 bits per heavy atom. The van der Waals surface area contributed by atoms with Crippen molar-refractivity contribution in [2.45, 2.75) is 19.3 Å². The van der Waals surface area contributed by atoms with Gasteiger partial charge in [0.2, 0.25) is 0 Å². The summed E-state index contributed by atoms with van der Waals surface area (Å²) >= 11 is 0. The number of fused-ring (bicyclic) bond motifs is 1. The standard InChI is InChI=1S/C20H20N4O/c25-20(17-8-10-22-23-13-17)24-11-3-4-15(14-24)12-16-5-1-7-19-18(16)6-2-9-21-19/h1-2,5-10,13,15H,3-4,11-12,14H2/t15-/m0/s1. The number of rotatable bonds is 3. The first-order valence-corrected chi connectivity index (χ1v) is 8.70. The average molecular weight is 332 g/mol. The number of benzene rings is 1. The first kappa shape index (κ1) is 15.7. The first-order chi connectivity index (χ1) is 12.3. The fourth-order valence-electron chi connectivity index (χ4n) is 3.67. The summed E-state index contributed by atoms with van der Waals surface area (Å²) in [7, 11) is 0. The van der Waals surface area contributed by atoms with E-state index >= 15 is 0 Å². The summed E-state index contributed by atoms with van der Waals surface area (Å²) in [5, 5.41) is 8.78. The third-order valence-electron chi connectivity index (χ3n) is 4.88. The quantitative estimate of drug-likeness (QED) is 0.739. The second-order valence-electron chi connectivity index (χ2n) is 6.58. The van der Waals surface area contributed by atoms with Gasteiger partial charge >= 0.3 is 0 Å². The molecular formula is C20H20N4O. The molecule has 1 aliphatic heterocycles. The molecule has 25 heavy (non-hydrogen) atoms. The Morgan fingerprint density at radius 2 is 2.08 bits per heavy atom. The van der Waals surface area contributed by atoms with Crippen molar-refractivity contribution in [3.05, 3.63) is 66.1 Å². The lowest BCUT2D eigenvalue weighted by molar-refractivity contribution is 0.0673. The molecule has 0 saturated carbocycles. The Morgan fingerprint density at radius 3 is 2.96 bits per heavy atom. The lowest BCUT2D eigenvalue weighted by Gasteiger charge is -2.33. The number of piperidine rings is 1. The summed E-state index contributed by atoms with van der Waals surface area (Å²) < 4.78 is 0. The van der Waals surface area contributed by atoms with Gasteiger partial charge in [-0.25, -0.2) is 0 Å². The number of carbonyl (C=O) groups excluding carboxylic acids is 1.